The highest BCUT2D eigenvalue weighted by molar-refractivity contribution is 5.91. The summed E-state index contributed by atoms with van der Waals surface area (Å²) in [4.78, 5) is 11.8. The topological polar surface area (TPSA) is 70.7 Å². The van der Waals surface area contributed by atoms with E-state index in [9.17, 15) is 4.79 Å². The first-order chi connectivity index (χ1) is 8.26. The second kappa shape index (κ2) is 5.29. The average molecular weight is 236 g/mol. The molecule has 2 rings (SSSR count). The Bertz CT molecular complexity index is 355. The van der Waals surface area contributed by atoms with Crippen LogP contribution >= 0.6 is 0 Å². The van der Waals surface area contributed by atoms with Crippen molar-refractivity contribution in [3.8, 4) is 0 Å². The first-order valence-electron chi connectivity index (χ1n) is 6.40. The number of hydrogen-bond acceptors (Lipinski definition) is 3. The lowest BCUT2D eigenvalue weighted by Gasteiger charge is -2.36. The minimum Gasteiger partial charge on any atom is -0.350 e. The number of hydrogen-bond donors (Lipinski definition) is 2. The summed E-state index contributed by atoms with van der Waals surface area (Å²) in [6.45, 7) is 2.97. The molecule has 1 aromatic rings. The molecule has 0 aromatic carbocycles. The molecular weight excluding hydrogens is 216 g/mol. The average Bonchev–Trinajstić information content (AvgIpc) is 2.91. The number of aromatic amines is 1. The van der Waals surface area contributed by atoms with Crippen molar-refractivity contribution in [2.24, 2.45) is 5.41 Å². The second-order valence-electron chi connectivity index (χ2n) is 4.95. The summed E-state index contributed by atoms with van der Waals surface area (Å²) in [5.74, 6) is -0.128. The molecule has 1 aliphatic rings. The van der Waals surface area contributed by atoms with Gasteiger partial charge in [-0.05, 0) is 24.7 Å². The first-order valence-corrected chi connectivity index (χ1v) is 6.40. The van der Waals surface area contributed by atoms with Gasteiger partial charge in [-0.1, -0.05) is 26.2 Å². The van der Waals surface area contributed by atoms with Crippen molar-refractivity contribution in [1.29, 1.82) is 0 Å². The van der Waals surface area contributed by atoms with Gasteiger partial charge in [0.05, 0.1) is 6.20 Å². The molecule has 94 valence electrons. The van der Waals surface area contributed by atoms with Crippen molar-refractivity contribution in [2.45, 2.75) is 45.4 Å². The van der Waals surface area contributed by atoms with Crippen molar-refractivity contribution in [3.05, 3.63) is 11.9 Å². The van der Waals surface area contributed by atoms with E-state index in [0.29, 0.717) is 11.1 Å². The fourth-order valence-corrected chi connectivity index (χ4v) is 2.63. The molecule has 1 aliphatic carbocycles. The molecule has 1 heterocycles. The molecule has 1 saturated carbocycles. The summed E-state index contributed by atoms with van der Waals surface area (Å²) in [6.07, 6.45) is 8.94. The Balaban J connectivity index is 1.89. The maximum Gasteiger partial charge on any atom is 0.273 e. The molecule has 0 aliphatic heterocycles. The molecule has 5 heteroatoms. The van der Waals surface area contributed by atoms with Crippen LogP contribution in [0.2, 0.25) is 0 Å². The third-order valence-electron chi connectivity index (χ3n) is 3.94. The van der Waals surface area contributed by atoms with E-state index in [1.165, 1.54) is 38.3 Å². The van der Waals surface area contributed by atoms with Gasteiger partial charge in [0.2, 0.25) is 0 Å². The lowest BCUT2D eigenvalue weighted by atomic mass is 9.72. The van der Waals surface area contributed by atoms with Crippen LogP contribution in [0.4, 0.5) is 0 Å². The third kappa shape index (κ3) is 2.84. The molecule has 17 heavy (non-hydrogen) atoms. The number of nitrogens with one attached hydrogen (secondary N) is 2. The van der Waals surface area contributed by atoms with E-state index < -0.39 is 0 Å². The van der Waals surface area contributed by atoms with Gasteiger partial charge in [-0.15, -0.1) is 0 Å². The zero-order valence-corrected chi connectivity index (χ0v) is 10.3. The highest BCUT2D eigenvalue weighted by atomic mass is 16.1. The minimum atomic E-state index is -0.128. The number of H-pyrrole nitrogens is 1. The maximum atomic E-state index is 11.8. The lowest BCUT2D eigenvalue weighted by molar-refractivity contribution is 0.0900. The van der Waals surface area contributed by atoms with Gasteiger partial charge in [0.1, 0.15) is 0 Å². The van der Waals surface area contributed by atoms with Crippen LogP contribution in [0, 0.1) is 5.41 Å². The molecule has 2 N–H and O–H groups in total. The minimum absolute atomic E-state index is 0.128. The quantitative estimate of drug-likeness (QED) is 0.838. The van der Waals surface area contributed by atoms with Crippen LogP contribution in [0.5, 0.6) is 0 Å². The molecule has 0 bridgehead atoms. The van der Waals surface area contributed by atoms with Crippen LogP contribution < -0.4 is 5.32 Å². The Morgan fingerprint density at radius 3 is 2.82 bits per heavy atom. The van der Waals surface area contributed by atoms with Crippen LogP contribution in [0.15, 0.2) is 6.20 Å². The van der Waals surface area contributed by atoms with E-state index in [-0.39, 0.29) is 5.91 Å². The van der Waals surface area contributed by atoms with Crippen LogP contribution in [0.1, 0.15) is 55.9 Å². The monoisotopic (exact) mass is 236 g/mol. The summed E-state index contributed by atoms with van der Waals surface area (Å²) in [6, 6.07) is 0. The normalized spacial score (nSPS) is 18.9. The molecule has 0 unspecified atom stereocenters. The van der Waals surface area contributed by atoms with Gasteiger partial charge in [0.15, 0.2) is 5.69 Å². The highest BCUT2D eigenvalue weighted by Gasteiger charge is 2.30. The van der Waals surface area contributed by atoms with E-state index in [1.807, 2.05) is 0 Å². The number of carbonyl (C=O) groups is 1. The molecule has 0 radical (unpaired) electrons. The zero-order chi connectivity index (χ0) is 12.1. The smallest absolute Gasteiger partial charge is 0.273 e. The number of carbonyl (C=O) groups excluding carboxylic acids is 1. The fourth-order valence-electron chi connectivity index (χ4n) is 2.63. The molecule has 0 atom stereocenters. The molecular formula is C12H20N4O. The molecule has 1 aromatic heterocycles. The van der Waals surface area contributed by atoms with E-state index in [4.69, 9.17) is 0 Å². The zero-order valence-electron chi connectivity index (χ0n) is 10.3. The maximum absolute atomic E-state index is 11.8. The molecule has 1 fully saturated rings. The summed E-state index contributed by atoms with van der Waals surface area (Å²) in [5, 5.41) is 12.9. The van der Waals surface area contributed by atoms with Crippen LogP contribution in [-0.4, -0.2) is 27.9 Å². The largest absolute Gasteiger partial charge is 0.350 e. The fraction of sp³-hybridized carbons (Fsp3) is 0.750. The van der Waals surface area contributed by atoms with Gasteiger partial charge in [0.25, 0.3) is 5.91 Å². The molecule has 0 spiro atoms. The molecule has 1 amide bonds. The Hall–Kier alpha value is -1.39. The van der Waals surface area contributed by atoms with Crippen molar-refractivity contribution < 1.29 is 4.79 Å². The standard InChI is InChI=1S/C12H20N4O/c1-2-12(6-4-3-5-7-12)9-13-11(17)10-8-14-16-15-10/h8H,2-7,9H2,1H3,(H,13,17)(H,14,15,16). The van der Waals surface area contributed by atoms with E-state index in [0.717, 1.165) is 13.0 Å². The van der Waals surface area contributed by atoms with Crippen LogP contribution in [0.25, 0.3) is 0 Å². The summed E-state index contributed by atoms with van der Waals surface area (Å²) in [7, 11) is 0. The van der Waals surface area contributed by atoms with Gasteiger partial charge >= 0.3 is 0 Å². The van der Waals surface area contributed by atoms with Crippen molar-refractivity contribution in [2.75, 3.05) is 6.54 Å². The number of aromatic nitrogens is 3. The summed E-state index contributed by atoms with van der Waals surface area (Å²) >= 11 is 0. The van der Waals surface area contributed by atoms with E-state index in [2.05, 4.69) is 27.7 Å². The number of amides is 1. The first kappa shape index (κ1) is 12.1. The van der Waals surface area contributed by atoms with E-state index in [1.54, 1.807) is 0 Å². The van der Waals surface area contributed by atoms with Crippen molar-refractivity contribution in [3.63, 3.8) is 0 Å². The SMILES string of the molecule is CCC1(CNC(=O)c2cn[nH]n2)CCCCC1. The van der Waals surface area contributed by atoms with Crippen molar-refractivity contribution >= 4 is 5.91 Å². The molecule has 5 nitrogen and oxygen atoms in total. The van der Waals surface area contributed by atoms with E-state index >= 15 is 0 Å². The predicted octanol–water partition coefficient (Wildman–Crippen LogP) is 1.89. The summed E-state index contributed by atoms with van der Waals surface area (Å²) in [5.41, 5.74) is 0.671. The molecule has 0 saturated heterocycles. The van der Waals surface area contributed by atoms with Gasteiger partial charge in [-0.3, -0.25) is 4.79 Å². The Labute approximate surface area is 101 Å². The van der Waals surface area contributed by atoms with Crippen LogP contribution in [0.3, 0.4) is 0 Å². The predicted molar refractivity (Wildman–Crippen MR) is 64.5 cm³/mol. The Morgan fingerprint density at radius 2 is 2.24 bits per heavy atom. The Morgan fingerprint density at radius 1 is 1.47 bits per heavy atom. The third-order valence-corrected chi connectivity index (χ3v) is 3.94. The van der Waals surface area contributed by atoms with Crippen LogP contribution in [-0.2, 0) is 0 Å². The van der Waals surface area contributed by atoms with Crippen molar-refractivity contribution in [1.82, 2.24) is 20.7 Å². The second-order valence-corrected chi connectivity index (χ2v) is 4.95. The van der Waals surface area contributed by atoms with Gasteiger partial charge in [-0.2, -0.15) is 15.4 Å². The number of nitrogens with zero attached hydrogens (tertiary/aromatic N) is 2. The van der Waals surface area contributed by atoms with Gasteiger partial charge in [-0.25, -0.2) is 0 Å². The van der Waals surface area contributed by atoms with Gasteiger partial charge in [0, 0.05) is 6.54 Å². The summed E-state index contributed by atoms with van der Waals surface area (Å²) < 4.78 is 0. The van der Waals surface area contributed by atoms with Gasteiger partial charge < -0.3 is 5.32 Å². The Kier molecular flexibility index (Phi) is 3.76. The lowest BCUT2D eigenvalue weighted by Crippen LogP contribution is -2.38. The number of rotatable bonds is 4. The highest BCUT2D eigenvalue weighted by Crippen LogP contribution is 2.38.